The maximum atomic E-state index is 10.9. The van der Waals surface area contributed by atoms with E-state index in [1.807, 2.05) is 0 Å². The van der Waals surface area contributed by atoms with Gasteiger partial charge in [0, 0.05) is 6.92 Å². The number of benzene rings is 1. The number of carbonyl (C=O) groups excluding carboxylic acids is 2. The van der Waals surface area contributed by atoms with Crippen LogP contribution in [-0.2, 0) is 19.7 Å². The molecule has 7 heteroatoms. The molecule has 17 heavy (non-hydrogen) atoms. The lowest BCUT2D eigenvalue weighted by atomic mass is 10.1. The average Bonchev–Trinajstić information content (AvgIpc) is 2.15. The summed E-state index contributed by atoms with van der Waals surface area (Å²) < 4.78 is 35.3. The second kappa shape index (κ2) is 5.07. The minimum absolute atomic E-state index is 0.0266. The summed E-state index contributed by atoms with van der Waals surface area (Å²) in [5, 5.41) is -1.81. The Bertz CT molecular complexity index is 533. The van der Waals surface area contributed by atoms with Crippen molar-refractivity contribution < 1.29 is 27.3 Å². The van der Waals surface area contributed by atoms with E-state index in [1.165, 1.54) is 37.5 Å². The zero-order chi connectivity index (χ0) is 13.1. The predicted molar refractivity (Wildman–Crippen MR) is 57.7 cm³/mol. The number of carbonyl (C=O) groups is 1. The molecule has 0 aliphatic rings. The third-order valence-electron chi connectivity index (χ3n) is 1.83. The molecule has 0 bridgehead atoms. The first-order chi connectivity index (χ1) is 7.84. The highest BCUT2D eigenvalue weighted by Crippen LogP contribution is 2.23. The lowest BCUT2D eigenvalue weighted by molar-refractivity contribution is -0.131. The summed E-state index contributed by atoms with van der Waals surface area (Å²) in [5.74, 6) is -0.500. The van der Waals surface area contributed by atoms with E-state index in [1.54, 1.807) is 0 Å². The molecule has 1 aromatic carbocycles. The minimum Gasteiger partial charge on any atom is -0.427 e. The van der Waals surface area contributed by atoms with Gasteiger partial charge in [-0.3, -0.25) is 14.1 Å². The maximum Gasteiger partial charge on any atom is 0.308 e. The van der Waals surface area contributed by atoms with E-state index in [-0.39, 0.29) is 11.3 Å². The molecule has 1 N–H and O–H groups in total. The van der Waals surface area contributed by atoms with Crippen LogP contribution in [0.3, 0.4) is 0 Å². The monoisotopic (exact) mass is 257 g/mol. The molecule has 91 valence electrons. The van der Waals surface area contributed by atoms with Gasteiger partial charge < -0.3 is 4.74 Å². The molecular weight excluding hydrogens is 248 g/mol. The van der Waals surface area contributed by atoms with Crippen molar-refractivity contribution in [2.24, 2.45) is 0 Å². The van der Waals surface area contributed by atoms with E-state index in [0.717, 1.165) is 0 Å². The molecule has 0 heterocycles. The Labute approximate surface area is 98.0 Å². The number of esters is 1. The predicted octanol–water partition coefficient (Wildman–Crippen LogP) is 0.651. The Morgan fingerprint density at radius 1 is 1.47 bits per heavy atom. The van der Waals surface area contributed by atoms with Crippen LogP contribution >= 0.6 is 0 Å². The summed E-state index contributed by atoms with van der Waals surface area (Å²) in [6.45, 7) is 1.18. The smallest absolute Gasteiger partial charge is 0.308 e. The van der Waals surface area contributed by atoms with E-state index < -0.39 is 21.3 Å². The average molecular weight is 257 g/mol. The Morgan fingerprint density at radius 3 is 2.59 bits per heavy atom. The molecule has 0 aromatic heterocycles. The molecular formula is C10H9O6S. The van der Waals surface area contributed by atoms with Gasteiger partial charge in [-0.15, -0.1) is 0 Å². The Kier molecular flexibility index (Phi) is 3.97. The van der Waals surface area contributed by atoms with E-state index >= 15 is 0 Å². The van der Waals surface area contributed by atoms with Gasteiger partial charge in [-0.25, -0.2) is 0 Å². The Hall–Kier alpha value is -1.73. The minimum atomic E-state index is -4.58. The molecule has 6 nitrogen and oxygen atoms in total. The summed E-state index contributed by atoms with van der Waals surface area (Å²) in [6, 6.07) is 5.28. The van der Waals surface area contributed by atoms with Gasteiger partial charge >= 0.3 is 5.97 Å². The van der Waals surface area contributed by atoms with Crippen molar-refractivity contribution in [3.63, 3.8) is 0 Å². The normalized spacial score (nSPS) is 12.8. The third-order valence-corrected chi connectivity index (χ3v) is 2.79. The van der Waals surface area contributed by atoms with Crippen LogP contribution in [0.15, 0.2) is 24.3 Å². The number of rotatable bonds is 4. The van der Waals surface area contributed by atoms with E-state index in [2.05, 4.69) is 0 Å². The highest BCUT2D eigenvalue weighted by atomic mass is 32.2. The number of hydrogen-bond acceptors (Lipinski definition) is 5. The van der Waals surface area contributed by atoms with Crippen molar-refractivity contribution in [1.29, 1.82) is 0 Å². The Balaban J connectivity index is 3.14. The summed E-state index contributed by atoms with van der Waals surface area (Å²) in [6.07, 6.45) is 1.21. The van der Waals surface area contributed by atoms with Gasteiger partial charge in [-0.05, 0) is 17.7 Å². The van der Waals surface area contributed by atoms with Crippen LogP contribution in [0, 0.1) is 0 Å². The van der Waals surface area contributed by atoms with Crippen LogP contribution in [0.2, 0.25) is 0 Å². The number of hydrogen-bond donors (Lipinski definition) is 1. The van der Waals surface area contributed by atoms with Gasteiger partial charge in [-0.1, -0.05) is 12.1 Å². The van der Waals surface area contributed by atoms with Crippen molar-refractivity contribution in [2.45, 2.75) is 12.2 Å². The maximum absolute atomic E-state index is 10.9. The summed E-state index contributed by atoms with van der Waals surface area (Å²) in [7, 11) is -4.58. The van der Waals surface area contributed by atoms with Crippen molar-refractivity contribution in [1.82, 2.24) is 0 Å². The largest absolute Gasteiger partial charge is 0.427 e. The SMILES string of the molecule is CC(=O)Oc1cccc(C([C]=O)S(=O)(=O)O)c1. The zero-order valence-corrected chi connectivity index (χ0v) is 9.60. The topological polar surface area (TPSA) is 97.7 Å². The van der Waals surface area contributed by atoms with Crippen LogP contribution in [0.5, 0.6) is 5.75 Å². The van der Waals surface area contributed by atoms with Crippen LogP contribution in [0.25, 0.3) is 0 Å². The van der Waals surface area contributed by atoms with Crippen molar-refractivity contribution >= 4 is 22.4 Å². The lowest BCUT2D eigenvalue weighted by Gasteiger charge is -2.08. The summed E-state index contributed by atoms with van der Waals surface area (Å²) >= 11 is 0. The fourth-order valence-corrected chi connectivity index (χ4v) is 1.82. The highest BCUT2D eigenvalue weighted by Gasteiger charge is 2.25. The van der Waals surface area contributed by atoms with Crippen LogP contribution in [-0.4, -0.2) is 25.2 Å². The standard InChI is InChI=1S/C10H9O6S/c1-7(12)16-9-4-2-3-8(5-9)10(6-11)17(13,14)15/h2-5,10H,1H3,(H,13,14,15). The molecule has 1 rings (SSSR count). The van der Waals surface area contributed by atoms with E-state index in [9.17, 15) is 18.0 Å². The third kappa shape index (κ3) is 3.65. The molecule has 1 unspecified atom stereocenters. The van der Waals surface area contributed by atoms with E-state index in [0.29, 0.717) is 0 Å². The summed E-state index contributed by atoms with van der Waals surface area (Å²) in [4.78, 5) is 21.2. The molecule has 1 atom stereocenters. The number of ether oxygens (including phenoxy) is 1. The lowest BCUT2D eigenvalue weighted by Crippen LogP contribution is -2.13. The second-order valence-electron chi connectivity index (χ2n) is 3.18. The quantitative estimate of drug-likeness (QED) is 0.483. The van der Waals surface area contributed by atoms with Gasteiger partial charge in [0.15, 0.2) is 5.25 Å². The van der Waals surface area contributed by atoms with Crippen molar-refractivity contribution in [3.8, 4) is 5.75 Å². The molecule has 0 amide bonds. The summed E-state index contributed by atoms with van der Waals surface area (Å²) in [5.41, 5.74) is -0.0266. The molecule has 1 radical (unpaired) electrons. The molecule has 1 aromatic rings. The first-order valence-corrected chi connectivity index (χ1v) is 5.97. The highest BCUT2D eigenvalue weighted by molar-refractivity contribution is 7.86. The molecule has 0 saturated carbocycles. The fraction of sp³-hybridized carbons (Fsp3) is 0.200. The van der Waals surface area contributed by atoms with Crippen molar-refractivity contribution in [2.75, 3.05) is 0 Å². The van der Waals surface area contributed by atoms with Crippen molar-refractivity contribution in [3.05, 3.63) is 29.8 Å². The van der Waals surface area contributed by atoms with Crippen LogP contribution in [0.4, 0.5) is 0 Å². The van der Waals surface area contributed by atoms with Gasteiger partial charge in [0.1, 0.15) is 5.75 Å². The van der Waals surface area contributed by atoms with Gasteiger partial charge in [0.25, 0.3) is 10.1 Å². The van der Waals surface area contributed by atoms with Crippen LogP contribution < -0.4 is 4.74 Å². The van der Waals surface area contributed by atoms with Crippen LogP contribution in [0.1, 0.15) is 17.7 Å². The molecule has 0 saturated heterocycles. The van der Waals surface area contributed by atoms with Gasteiger partial charge in [-0.2, -0.15) is 8.42 Å². The fourth-order valence-electron chi connectivity index (χ4n) is 1.21. The van der Waals surface area contributed by atoms with E-state index in [4.69, 9.17) is 9.29 Å². The molecule has 0 aliphatic carbocycles. The Morgan fingerprint density at radius 2 is 2.12 bits per heavy atom. The van der Waals surface area contributed by atoms with Gasteiger partial charge in [0.2, 0.25) is 6.29 Å². The zero-order valence-electron chi connectivity index (χ0n) is 8.78. The second-order valence-corrected chi connectivity index (χ2v) is 4.68. The molecule has 0 aliphatic heterocycles. The molecule has 0 spiro atoms. The first-order valence-electron chi connectivity index (χ1n) is 4.47. The first kappa shape index (κ1) is 13.3. The molecule has 0 fully saturated rings. The van der Waals surface area contributed by atoms with Gasteiger partial charge in [0.05, 0.1) is 0 Å².